The quantitative estimate of drug-likeness (QED) is 0.570. The summed E-state index contributed by atoms with van der Waals surface area (Å²) in [6.07, 6.45) is 3.20. The number of aliphatic hydroxyl groups is 1. The molecule has 0 bridgehead atoms. The van der Waals surface area contributed by atoms with Gasteiger partial charge in [0.25, 0.3) is 0 Å². The summed E-state index contributed by atoms with van der Waals surface area (Å²) in [6, 6.07) is 0. The van der Waals surface area contributed by atoms with Crippen LogP contribution in [0, 0.1) is 34.5 Å². The molecule has 0 aliphatic heterocycles. The van der Waals surface area contributed by atoms with Crippen LogP contribution in [0.5, 0.6) is 0 Å². The number of unbranched alkanes of at least 4 members (excludes halogenated alkanes) is 1. The highest BCUT2D eigenvalue weighted by Crippen LogP contribution is 2.70. The van der Waals surface area contributed by atoms with Crippen molar-refractivity contribution in [1.82, 2.24) is 0 Å². The second kappa shape index (κ2) is 8.65. The first-order valence-corrected chi connectivity index (χ1v) is 12.5. The molecule has 3 fully saturated rings. The van der Waals surface area contributed by atoms with E-state index in [2.05, 4.69) is 0 Å². The van der Waals surface area contributed by atoms with Crippen molar-refractivity contribution in [1.29, 1.82) is 0 Å². The average molecular weight is 479 g/mol. The van der Waals surface area contributed by atoms with Crippen molar-refractivity contribution in [2.75, 3.05) is 6.61 Å². The lowest BCUT2D eigenvalue weighted by Gasteiger charge is -2.62. The van der Waals surface area contributed by atoms with Crippen LogP contribution in [-0.4, -0.2) is 47.2 Å². The summed E-state index contributed by atoms with van der Waals surface area (Å²) < 4.78 is 37.7. The Balaban J connectivity index is 1.63. The van der Waals surface area contributed by atoms with Crippen LogP contribution in [0.15, 0.2) is 23.8 Å². The molecule has 3 saturated carbocycles. The second-order valence-electron chi connectivity index (χ2n) is 11.4. The smallest absolute Gasteiger partial charge is 0.306 e. The molecule has 4 aliphatic carbocycles. The number of hydrogen-bond acceptors (Lipinski definition) is 5. The molecule has 4 aliphatic rings. The second-order valence-corrected chi connectivity index (χ2v) is 11.4. The molecule has 1 N–H and O–H groups in total. The molecule has 0 aromatic rings. The molecule has 0 saturated heterocycles. The normalized spacial score (nSPS) is 45.1. The number of ketones is 2. The van der Waals surface area contributed by atoms with Crippen LogP contribution in [0.4, 0.5) is 8.78 Å². The van der Waals surface area contributed by atoms with Crippen molar-refractivity contribution in [3.63, 3.8) is 0 Å². The monoisotopic (exact) mass is 478 g/mol. The lowest BCUT2D eigenvalue weighted by Crippen LogP contribution is -2.68. The third-order valence-electron chi connectivity index (χ3n) is 9.43. The molecule has 4 rings (SSSR count). The van der Waals surface area contributed by atoms with Crippen molar-refractivity contribution in [3.8, 4) is 0 Å². The molecule has 5 nitrogen and oxygen atoms in total. The van der Waals surface area contributed by atoms with Crippen molar-refractivity contribution >= 4 is 17.5 Å². The van der Waals surface area contributed by atoms with Gasteiger partial charge in [-0.3, -0.25) is 14.4 Å². The Morgan fingerprint density at radius 1 is 1.24 bits per heavy atom. The molecule has 0 unspecified atom stereocenters. The van der Waals surface area contributed by atoms with Gasteiger partial charge in [0.05, 0.1) is 6.10 Å². The number of fused-ring (bicyclic) bond motifs is 5. The predicted molar refractivity (Wildman–Crippen MR) is 122 cm³/mol. The zero-order valence-electron chi connectivity index (χ0n) is 20.5. The average Bonchev–Trinajstić information content (AvgIpc) is 3.03. The van der Waals surface area contributed by atoms with E-state index in [0.717, 1.165) is 6.42 Å². The summed E-state index contributed by atoms with van der Waals surface area (Å²) in [6.45, 7) is 7.03. The van der Waals surface area contributed by atoms with Crippen molar-refractivity contribution in [2.45, 2.75) is 84.2 Å². The molecule has 34 heavy (non-hydrogen) atoms. The number of carbonyl (C=O) groups is 3. The van der Waals surface area contributed by atoms with Crippen LogP contribution in [0.25, 0.3) is 0 Å². The van der Waals surface area contributed by atoms with Gasteiger partial charge in [-0.1, -0.05) is 33.3 Å². The fraction of sp³-hybridized carbons (Fsp3) is 0.741. The zero-order valence-corrected chi connectivity index (χ0v) is 20.5. The van der Waals surface area contributed by atoms with E-state index in [4.69, 9.17) is 4.74 Å². The number of ether oxygens (including phenoxy) is 1. The molecule has 0 aromatic heterocycles. The van der Waals surface area contributed by atoms with Crippen LogP contribution in [0.3, 0.4) is 0 Å². The number of aliphatic hydroxyl groups excluding tert-OH is 1. The standard InChI is InChI=1S/C27H36F2O5/c1-5-6-7-23(33)34-14-21(31)24-15(2)10-17-18-12-20(28)19-11-16(30)8-9-26(19,4)27(18,29)22(32)13-25(17,24)3/h8-9,11,15,17-18,20,22,24,32H,5-7,10,12-14H2,1-4H3/t15-,17-,18+,20-,22+,24-,25+,26+,27+/m1/s1. The van der Waals surface area contributed by atoms with Crippen LogP contribution in [0.2, 0.25) is 0 Å². The first-order valence-electron chi connectivity index (χ1n) is 12.5. The Kier molecular flexibility index (Phi) is 6.41. The summed E-state index contributed by atoms with van der Waals surface area (Å²) in [5.74, 6) is -2.75. The maximum atomic E-state index is 17.1. The summed E-state index contributed by atoms with van der Waals surface area (Å²) in [5, 5.41) is 11.3. The van der Waals surface area contributed by atoms with Crippen molar-refractivity contribution in [3.05, 3.63) is 23.8 Å². The van der Waals surface area contributed by atoms with Gasteiger partial charge in [-0.2, -0.15) is 0 Å². The maximum absolute atomic E-state index is 17.1. The zero-order chi connectivity index (χ0) is 25.1. The Hall–Kier alpha value is -1.89. The first-order chi connectivity index (χ1) is 15.9. The highest BCUT2D eigenvalue weighted by atomic mass is 19.1. The predicted octanol–water partition coefficient (Wildman–Crippen LogP) is 4.47. The summed E-state index contributed by atoms with van der Waals surface area (Å²) in [7, 11) is 0. The van der Waals surface area contributed by atoms with E-state index >= 15 is 8.78 Å². The molecule has 9 atom stereocenters. The minimum Gasteiger partial charge on any atom is -0.458 e. The minimum atomic E-state index is -2.15. The van der Waals surface area contributed by atoms with Gasteiger partial charge in [0.15, 0.2) is 17.2 Å². The lowest BCUT2D eigenvalue weighted by molar-refractivity contribution is -0.202. The molecule has 0 heterocycles. The van der Waals surface area contributed by atoms with Crippen LogP contribution < -0.4 is 0 Å². The molecule has 0 aromatic carbocycles. The summed E-state index contributed by atoms with van der Waals surface area (Å²) in [5.41, 5.74) is -4.21. The maximum Gasteiger partial charge on any atom is 0.306 e. The van der Waals surface area contributed by atoms with Gasteiger partial charge in [-0.25, -0.2) is 8.78 Å². The van der Waals surface area contributed by atoms with Gasteiger partial charge in [0, 0.05) is 23.7 Å². The number of rotatable bonds is 6. The summed E-state index contributed by atoms with van der Waals surface area (Å²) in [4.78, 5) is 37.1. The van der Waals surface area contributed by atoms with E-state index in [1.807, 2.05) is 20.8 Å². The van der Waals surface area contributed by atoms with E-state index in [9.17, 15) is 19.5 Å². The molecular weight excluding hydrogens is 442 g/mol. The van der Waals surface area contributed by atoms with Crippen LogP contribution in [0.1, 0.15) is 66.2 Å². The molecule has 0 radical (unpaired) electrons. The lowest BCUT2D eigenvalue weighted by atomic mass is 9.45. The molecule has 188 valence electrons. The largest absolute Gasteiger partial charge is 0.458 e. The molecular formula is C27H36F2O5. The fourth-order valence-electron chi connectivity index (χ4n) is 7.89. The number of alkyl halides is 2. The van der Waals surface area contributed by atoms with E-state index in [-0.39, 0.29) is 54.8 Å². The Morgan fingerprint density at radius 2 is 1.94 bits per heavy atom. The van der Waals surface area contributed by atoms with Crippen LogP contribution >= 0.6 is 0 Å². The Morgan fingerprint density at radius 3 is 2.62 bits per heavy atom. The van der Waals surface area contributed by atoms with Gasteiger partial charge in [0.1, 0.15) is 12.8 Å². The van der Waals surface area contributed by atoms with E-state index < -0.39 is 46.6 Å². The topological polar surface area (TPSA) is 80.7 Å². The Labute approximate surface area is 200 Å². The van der Waals surface area contributed by atoms with Gasteiger partial charge >= 0.3 is 5.97 Å². The number of esters is 1. The Bertz CT molecular complexity index is 943. The van der Waals surface area contributed by atoms with Gasteiger partial charge < -0.3 is 9.84 Å². The SMILES string of the molecule is CCCCC(=O)OCC(=O)[C@H]1[C@H](C)C[C@@H]2[C@@H]3C[C@@H](F)C4=CC(=O)C=C[C@]4(C)[C@@]3(F)[C@@H](O)C[C@@]21C. The number of allylic oxidation sites excluding steroid dienone is 4. The van der Waals surface area contributed by atoms with E-state index in [1.54, 1.807) is 6.92 Å². The number of hydrogen-bond donors (Lipinski definition) is 1. The van der Waals surface area contributed by atoms with Crippen molar-refractivity contribution < 1.29 is 33.0 Å². The van der Waals surface area contributed by atoms with Crippen molar-refractivity contribution in [2.24, 2.45) is 34.5 Å². The molecule has 0 amide bonds. The van der Waals surface area contributed by atoms with Gasteiger partial charge in [0.2, 0.25) is 0 Å². The number of Topliss-reactive ketones (excluding diaryl/α,β-unsaturated/α-hetero) is 1. The molecule has 0 spiro atoms. The minimum absolute atomic E-state index is 0.0524. The summed E-state index contributed by atoms with van der Waals surface area (Å²) >= 11 is 0. The van der Waals surface area contributed by atoms with Crippen LogP contribution in [-0.2, 0) is 19.1 Å². The van der Waals surface area contributed by atoms with Gasteiger partial charge in [-0.05, 0) is 67.6 Å². The number of halogens is 2. The highest BCUT2D eigenvalue weighted by molar-refractivity contribution is 6.01. The van der Waals surface area contributed by atoms with E-state index in [1.165, 1.54) is 18.2 Å². The number of carbonyl (C=O) groups excluding carboxylic acids is 3. The third kappa shape index (κ3) is 3.52. The third-order valence-corrected chi connectivity index (χ3v) is 9.43. The highest BCUT2D eigenvalue weighted by Gasteiger charge is 2.73. The van der Waals surface area contributed by atoms with Gasteiger partial charge in [-0.15, -0.1) is 0 Å². The molecule has 7 heteroatoms. The van der Waals surface area contributed by atoms with E-state index in [0.29, 0.717) is 12.8 Å². The first kappa shape index (κ1) is 25.2. The fourth-order valence-corrected chi connectivity index (χ4v) is 7.89.